The zero-order valence-corrected chi connectivity index (χ0v) is 16.8. The van der Waals surface area contributed by atoms with Gasteiger partial charge in [-0.05, 0) is 6.92 Å². The fraction of sp³-hybridized carbons (Fsp3) is 0.278. The van der Waals surface area contributed by atoms with Crippen LogP contribution in [0.5, 0.6) is 0 Å². The molecular formula is C18H13ClF7N5O. The van der Waals surface area contributed by atoms with Gasteiger partial charge in [0, 0.05) is 24.2 Å². The minimum absolute atomic E-state index is 0.0372. The van der Waals surface area contributed by atoms with Crippen molar-refractivity contribution in [3.63, 3.8) is 0 Å². The average Bonchev–Trinajstić information content (AvgIpc) is 3.26. The fourth-order valence-electron chi connectivity index (χ4n) is 2.78. The summed E-state index contributed by atoms with van der Waals surface area (Å²) in [4.78, 5) is 12.1. The van der Waals surface area contributed by atoms with E-state index in [-0.39, 0.29) is 30.4 Å². The van der Waals surface area contributed by atoms with Crippen LogP contribution in [0.4, 0.5) is 36.4 Å². The molecule has 0 atom stereocenters. The number of halogens is 8. The number of rotatable bonds is 6. The molecule has 1 amide bonds. The van der Waals surface area contributed by atoms with E-state index >= 15 is 0 Å². The minimum Gasteiger partial charge on any atom is -0.323 e. The molecule has 0 bridgehead atoms. The van der Waals surface area contributed by atoms with E-state index in [1.54, 1.807) is 0 Å². The number of alkyl halides is 3. The van der Waals surface area contributed by atoms with E-state index in [2.05, 4.69) is 15.5 Å². The van der Waals surface area contributed by atoms with Crippen molar-refractivity contribution < 1.29 is 35.5 Å². The molecule has 0 aliphatic rings. The van der Waals surface area contributed by atoms with E-state index in [0.29, 0.717) is 0 Å². The van der Waals surface area contributed by atoms with E-state index in [4.69, 9.17) is 11.6 Å². The third kappa shape index (κ3) is 4.87. The molecule has 0 unspecified atom stereocenters. The van der Waals surface area contributed by atoms with Crippen LogP contribution in [0, 0.1) is 30.2 Å². The summed E-state index contributed by atoms with van der Waals surface area (Å²) in [5.41, 5.74) is -1.88. The van der Waals surface area contributed by atoms with Crippen LogP contribution in [0.15, 0.2) is 18.5 Å². The summed E-state index contributed by atoms with van der Waals surface area (Å²) in [6.45, 7) is 0.534. The van der Waals surface area contributed by atoms with Crippen molar-refractivity contribution in [1.29, 1.82) is 0 Å². The molecule has 1 N–H and O–H groups in total. The van der Waals surface area contributed by atoms with Crippen molar-refractivity contribution in [2.45, 2.75) is 32.6 Å². The summed E-state index contributed by atoms with van der Waals surface area (Å²) in [5.74, 6) is -7.13. The summed E-state index contributed by atoms with van der Waals surface area (Å²) < 4.78 is 94.3. The van der Waals surface area contributed by atoms with Gasteiger partial charge in [0.2, 0.25) is 5.91 Å². The second-order valence-corrected chi connectivity index (χ2v) is 7.02. The van der Waals surface area contributed by atoms with Gasteiger partial charge in [0.15, 0.2) is 23.1 Å². The van der Waals surface area contributed by atoms with Gasteiger partial charge in [0.25, 0.3) is 0 Å². The first-order valence-corrected chi connectivity index (χ1v) is 9.20. The first-order valence-electron chi connectivity index (χ1n) is 8.82. The Kier molecular flexibility index (Phi) is 6.49. The number of nitrogens with one attached hydrogen (secondary N) is 1. The van der Waals surface area contributed by atoms with Crippen molar-refractivity contribution in [1.82, 2.24) is 19.6 Å². The summed E-state index contributed by atoms with van der Waals surface area (Å²) in [7, 11) is 0. The summed E-state index contributed by atoms with van der Waals surface area (Å²) in [6, 6.07) is 0.202. The Balaban J connectivity index is 1.63. The number of anilines is 1. The molecule has 0 radical (unpaired) electrons. The van der Waals surface area contributed by atoms with Gasteiger partial charge in [-0.25, -0.2) is 17.6 Å². The highest BCUT2D eigenvalue weighted by Gasteiger charge is 2.38. The molecule has 2 aromatic heterocycles. The van der Waals surface area contributed by atoms with Gasteiger partial charge in [-0.1, -0.05) is 11.6 Å². The third-order valence-electron chi connectivity index (χ3n) is 4.40. The molecule has 3 rings (SSSR count). The number of aromatic nitrogens is 4. The molecule has 0 aliphatic heterocycles. The molecule has 2 heterocycles. The van der Waals surface area contributed by atoms with Gasteiger partial charge < -0.3 is 5.32 Å². The quantitative estimate of drug-likeness (QED) is 0.314. The van der Waals surface area contributed by atoms with Crippen molar-refractivity contribution in [2.24, 2.45) is 0 Å². The standard InChI is InChI=1S/C18H13ClF7N5O/c1-8-14(19)17(18(24,25)26)29-31(8)3-2-13(32)28-9-5-27-30(6-9)7-10-11(20)4-12(21)16(23)15(10)22/h4-6H,2-3,7H2,1H3,(H,28,32). The normalized spacial score (nSPS) is 11.8. The smallest absolute Gasteiger partial charge is 0.323 e. The van der Waals surface area contributed by atoms with Crippen LogP contribution in [-0.2, 0) is 24.1 Å². The number of aryl methyl sites for hydroxylation is 1. The van der Waals surface area contributed by atoms with Crippen LogP contribution in [-0.4, -0.2) is 25.5 Å². The lowest BCUT2D eigenvalue weighted by atomic mass is 10.2. The maximum Gasteiger partial charge on any atom is 0.436 e. The van der Waals surface area contributed by atoms with Crippen LogP contribution in [0.1, 0.15) is 23.4 Å². The number of hydrogen-bond donors (Lipinski definition) is 1. The minimum atomic E-state index is -4.74. The van der Waals surface area contributed by atoms with Gasteiger partial charge in [0.1, 0.15) is 5.82 Å². The monoisotopic (exact) mass is 483 g/mol. The number of carbonyl (C=O) groups excluding carboxylic acids is 1. The summed E-state index contributed by atoms with van der Waals surface area (Å²) in [6.07, 6.45) is -2.70. The van der Waals surface area contributed by atoms with Gasteiger partial charge >= 0.3 is 6.18 Å². The molecule has 0 saturated heterocycles. The lowest BCUT2D eigenvalue weighted by Gasteiger charge is -2.07. The van der Waals surface area contributed by atoms with E-state index in [9.17, 15) is 35.5 Å². The van der Waals surface area contributed by atoms with Crippen LogP contribution in [0.2, 0.25) is 5.02 Å². The van der Waals surface area contributed by atoms with Gasteiger partial charge in [-0.3, -0.25) is 14.2 Å². The second kappa shape index (κ2) is 8.81. The topological polar surface area (TPSA) is 64.7 Å². The molecular weight excluding hydrogens is 471 g/mol. The number of nitrogens with zero attached hydrogens (tertiary/aromatic N) is 4. The van der Waals surface area contributed by atoms with E-state index in [1.165, 1.54) is 13.1 Å². The highest BCUT2D eigenvalue weighted by molar-refractivity contribution is 6.31. The molecule has 0 saturated carbocycles. The lowest BCUT2D eigenvalue weighted by molar-refractivity contribution is -0.141. The molecule has 32 heavy (non-hydrogen) atoms. The highest BCUT2D eigenvalue weighted by atomic mass is 35.5. The second-order valence-electron chi connectivity index (χ2n) is 6.64. The molecule has 0 fully saturated rings. The largest absolute Gasteiger partial charge is 0.436 e. The predicted octanol–water partition coefficient (Wildman–Crippen LogP) is 4.69. The first kappa shape index (κ1) is 23.6. The number of hydrogen-bond acceptors (Lipinski definition) is 3. The van der Waals surface area contributed by atoms with Crippen molar-refractivity contribution in [3.8, 4) is 0 Å². The Morgan fingerprint density at radius 3 is 2.47 bits per heavy atom. The molecule has 14 heteroatoms. The van der Waals surface area contributed by atoms with Crippen LogP contribution < -0.4 is 5.32 Å². The van der Waals surface area contributed by atoms with E-state index < -0.39 is 58.2 Å². The summed E-state index contributed by atoms with van der Waals surface area (Å²) >= 11 is 5.64. The van der Waals surface area contributed by atoms with Crippen LogP contribution in [0.25, 0.3) is 0 Å². The molecule has 3 aromatic rings. The Hall–Kier alpha value is -3.09. The van der Waals surface area contributed by atoms with E-state index in [0.717, 1.165) is 15.6 Å². The molecule has 0 spiro atoms. The number of carbonyl (C=O) groups is 1. The maximum absolute atomic E-state index is 13.8. The van der Waals surface area contributed by atoms with Crippen LogP contribution in [0.3, 0.4) is 0 Å². The van der Waals surface area contributed by atoms with E-state index in [1.807, 2.05) is 0 Å². The van der Waals surface area contributed by atoms with Gasteiger partial charge in [-0.15, -0.1) is 0 Å². The Labute approximate surface area is 180 Å². The average molecular weight is 484 g/mol. The fourth-order valence-corrected chi connectivity index (χ4v) is 3.02. The van der Waals surface area contributed by atoms with Gasteiger partial charge in [0.05, 0.1) is 35.7 Å². The Morgan fingerprint density at radius 1 is 1.16 bits per heavy atom. The molecule has 0 aliphatic carbocycles. The van der Waals surface area contributed by atoms with Crippen molar-refractivity contribution in [3.05, 3.63) is 63.7 Å². The van der Waals surface area contributed by atoms with Gasteiger partial charge in [-0.2, -0.15) is 23.4 Å². The Bertz CT molecular complexity index is 1170. The predicted molar refractivity (Wildman–Crippen MR) is 97.8 cm³/mol. The molecule has 172 valence electrons. The van der Waals surface area contributed by atoms with Crippen molar-refractivity contribution in [2.75, 3.05) is 5.32 Å². The lowest BCUT2D eigenvalue weighted by Crippen LogP contribution is -2.16. The van der Waals surface area contributed by atoms with Crippen LogP contribution >= 0.6 is 11.6 Å². The first-order chi connectivity index (χ1) is 14.9. The zero-order valence-electron chi connectivity index (χ0n) is 16.1. The highest BCUT2D eigenvalue weighted by Crippen LogP contribution is 2.35. The number of amides is 1. The SMILES string of the molecule is Cc1c(Cl)c(C(F)(F)F)nn1CCC(=O)Nc1cnn(Cc2c(F)cc(F)c(F)c2F)c1. The zero-order chi connectivity index (χ0) is 23.8. The summed E-state index contributed by atoms with van der Waals surface area (Å²) in [5, 5.41) is 8.98. The van der Waals surface area contributed by atoms with Crippen molar-refractivity contribution >= 4 is 23.2 Å². The number of benzene rings is 1. The third-order valence-corrected chi connectivity index (χ3v) is 4.85. The molecule has 1 aromatic carbocycles. The maximum atomic E-state index is 13.8. The Morgan fingerprint density at radius 2 is 1.84 bits per heavy atom. The molecule has 6 nitrogen and oxygen atoms in total.